The van der Waals surface area contributed by atoms with E-state index in [1.807, 2.05) is 0 Å². The topological polar surface area (TPSA) is 223 Å². The number of aliphatic hydroxyl groups excluding tert-OH is 3. The van der Waals surface area contributed by atoms with Crippen LogP contribution in [-0.4, -0.2) is 85.8 Å². The van der Waals surface area contributed by atoms with E-state index in [4.69, 9.17) is 5.73 Å². The number of carbonyl (C=O) groups is 4. The van der Waals surface area contributed by atoms with Gasteiger partial charge in [0.2, 0.25) is 5.78 Å². The average molecular weight is 661 g/mol. The molecule has 0 aromatic heterocycles. The first-order chi connectivity index (χ1) is 21.7. The monoisotopic (exact) mass is 660 g/mol. The van der Waals surface area contributed by atoms with Gasteiger partial charge >= 0.3 is 12.2 Å². The summed E-state index contributed by atoms with van der Waals surface area (Å²) in [4.78, 5) is 53.5. The van der Waals surface area contributed by atoms with Crippen molar-refractivity contribution in [1.29, 1.82) is 0 Å². The number of amides is 3. The molecule has 5 rings (SSSR count). The number of nitrogens with two attached hydrogens (primary N) is 1. The minimum atomic E-state index is -4.80. The number of benzene rings is 2. The van der Waals surface area contributed by atoms with Gasteiger partial charge in [0.1, 0.15) is 22.8 Å². The maximum Gasteiger partial charge on any atom is 0.418 e. The lowest BCUT2D eigenvalue weighted by Gasteiger charge is -2.53. The Morgan fingerprint density at radius 2 is 1.62 bits per heavy atom. The zero-order valence-electron chi connectivity index (χ0n) is 25.3. The Hall–Kier alpha value is -4.93. The van der Waals surface area contributed by atoms with Crippen LogP contribution >= 0.6 is 0 Å². The smallest absolute Gasteiger partial charge is 0.418 e. The number of phenolic OH excluding ortho intramolecular Hbond substituents is 1. The van der Waals surface area contributed by atoms with E-state index in [1.165, 1.54) is 51.0 Å². The molecule has 3 amide bonds. The van der Waals surface area contributed by atoms with Gasteiger partial charge in [0.15, 0.2) is 11.4 Å². The molecule has 13 nitrogen and oxygen atoms in total. The Morgan fingerprint density at radius 3 is 2.19 bits per heavy atom. The summed E-state index contributed by atoms with van der Waals surface area (Å²) in [6.45, 7) is 2.96. The number of urea groups is 1. The predicted molar refractivity (Wildman–Crippen MR) is 159 cm³/mol. The number of phenols is 1. The van der Waals surface area contributed by atoms with Crippen LogP contribution in [0.3, 0.4) is 0 Å². The van der Waals surface area contributed by atoms with Gasteiger partial charge in [0.25, 0.3) is 5.91 Å². The molecule has 6 atom stereocenters. The first-order valence-electron chi connectivity index (χ1n) is 14.2. The van der Waals surface area contributed by atoms with Crippen molar-refractivity contribution in [1.82, 2.24) is 4.90 Å². The SMILES string of the molecule is Cc1ccc(NC(=O)Nc2ccc3c(c2O)C(O)=C2C(=O)C4(O)C(O)=C(C(N)=O)C(=O)C(N(C)C)C4C(O)C2C3C)c(C(F)(F)F)c1. The van der Waals surface area contributed by atoms with Crippen molar-refractivity contribution >= 4 is 40.6 Å². The van der Waals surface area contributed by atoms with Crippen LogP contribution in [0.4, 0.5) is 29.3 Å². The molecule has 0 spiro atoms. The third kappa shape index (κ3) is 4.90. The molecule has 2 aromatic rings. The van der Waals surface area contributed by atoms with Gasteiger partial charge < -0.3 is 41.9 Å². The molecule has 1 fully saturated rings. The first-order valence-corrected chi connectivity index (χ1v) is 14.2. The van der Waals surface area contributed by atoms with Crippen LogP contribution in [0.1, 0.15) is 35.1 Å². The quantitative estimate of drug-likeness (QED) is 0.177. The molecule has 250 valence electrons. The lowest BCUT2D eigenvalue weighted by Crippen LogP contribution is -2.70. The van der Waals surface area contributed by atoms with Crippen LogP contribution < -0.4 is 16.4 Å². The fourth-order valence-electron chi connectivity index (χ4n) is 6.99. The maximum atomic E-state index is 14.1. The highest BCUT2D eigenvalue weighted by Crippen LogP contribution is 2.56. The van der Waals surface area contributed by atoms with Crippen molar-refractivity contribution in [3.63, 3.8) is 0 Å². The highest BCUT2D eigenvalue weighted by atomic mass is 19.4. The summed E-state index contributed by atoms with van der Waals surface area (Å²) in [6, 6.07) is 3.05. The Labute approximate surface area is 264 Å². The standard InChI is InChI=1S/C31H31F3N4O9/c1-10-5-7-14(13(9-10)31(32,33)34)36-29(46)37-15-8-6-12-11(2)16-18(23(40)17(12)22(15)39)26(43)30(47)20(24(16)41)21(38(3)4)25(42)19(27(30)44)28(35)45/h5-9,11,16,20-21,24,39-41,44,47H,1-4H3,(H2,35,45)(H2,36,37,46). The molecular weight excluding hydrogens is 629 g/mol. The molecule has 0 aliphatic heterocycles. The molecule has 0 bridgehead atoms. The molecule has 47 heavy (non-hydrogen) atoms. The largest absolute Gasteiger partial charge is 0.508 e. The number of aromatic hydroxyl groups is 1. The van der Waals surface area contributed by atoms with E-state index < -0.39 is 116 Å². The summed E-state index contributed by atoms with van der Waals surface area (Å²) in [5.41, 5.74) is -1.56. The number of nitrogens with one attached hydrogen (secondary N) is 2. The first kappa shape index (κ1) is 33.4. The highest BCUT2D eigenvalue weighted by molar-refractivity contribution is 6.24. The predicted octanol–water partition coefficient (Wildman–Crippen LogP) is 2.47. The molecule has 6 unspecified atom stereocenters. The summed E-state index contributed by atoms with van der Waals surface area (Å²) in [5.74, 6) is -11.0. The third-order valence-corrected chi connectivity index (χ3v) is 9.11. The van der Waals surface area contributed by atoms with Crippen LogP contribution in [0.2, 0.25) is 0 Å². The number of fused-ring (bicyclic) bond motifs is 3. The number of rotatable bonds is 4. The number of halogens is 3. The second-order valence-electron chi connectivity index (χ2n) is 12.1. The number of alkyl halides is 3. The number of aliphatic hydroxyl groups is 4. The molecule has 16 heteroatoms. The van der Waals surface area contributed by atoms with Crippen molar-refractivity contribution < 1.29 is 57.9 Å². The summed E-state index contributed by atoms with van der Waals surface area (Å²) in [7, 11) is 2.77. The highest BCUT2D eigenvalue weighted by Gasteiger charge is 2.68. The zero-order valence-corrected chi connectivity index (χ0v) is 25.3. The van der Waals surface area contributed by atoms with E-state index in [9.17, 15) is 57.9 Å². The number of hydrogen-bond acceptors (Lipinski definition) is 10. The third-order valence-electron chi connectivity index (χ3n) is 9.11. The van der Waals surface area contributed by atoms with E-state index in [0.717, 1.165) is 12.1 Å². The van der Waals surface area contributed by atoms with Crippen LogP contribution in [0.15, 0.2) is 47.2 Å². The van der Waals surface area contributed by atoms with Gasteiger partial charge in [-0.2, -0.15) is 13.2 Å². The van der Waals surface area contributed by atoms with Crippen molar-refractivity contribution in [3.05, 3.63) is 69.5 Å². The number of ketones is 2. The molecule has 0 heterocycles. The number of aryl methyl sites for hydroxylation is 1. The second-order valence-corrected chi connectivity index (χ2v) is 12.1. The van der Waals surface area contributed by atoms with Crippen LogP contribution in [0.25, 0.3) is 5.76 Å². The number of hydrogen-bond donors (Lipinski definition) is 8. The summed E-state index contributed by atoms with van der Waals surface area (Å²) in [6.07, 6.45) is -6.60. The van der Waals surface area contributed by atoms with Crippen molar-refractivity contribution in [2.45, 2.75) is 43.7 Å². The van der Waals surface area contributed by atoms with E-state index >= 15 is 0 Å². The number of nitrogens with zero attached hydrogens (tertiary/aromatic N) is 1. The minimum absolute atomic E-state index is 0.163. The van der Waals surface area contributed by atoms with Crippen LogP contribution in [-0.2, 0) is 20.6 Å². The number of anilines is 2. The van der Waals surface area contributed by atoms with Crippen LogP contribution in [0, 0.1) is 18.8 Å². The molecule has 1 saturated carbocycles. The zero-order chi connectivity index (χ0) is 35.1. The van der Waals surface area contributed by atoms with Gasteiger partial charge in [-0.25, -0.2) is 4.79 Å². The number of likely N-dealkylation sites (N-methyl/N-ethyl adjacent to an activating group) is 1. The second kappa shape index (κ2) is 11.1. The Bertz CT molecular complexity index is 1820. The number of primary amides is 1. The normalized spacial score (nSPS) is 27.3. The average Bonchev–Trinajstić information content (AvgIpc) is 2.96. The summed E-state index contributed by atoms with van der Waals surface area (Å²) >= 11 is 0. The minimum Gasteiger partial charge on any atom is -0.508 e. The molecule has 3 aliphatic rings. The molecule has 3 aliphatic carbocycles. The van der Waals surface area contributed by atoms with E-state index in [1.54, 1.807) is 0 Å². The van der Waals surface area contributed by atoms with Crippen molar-refractivity contribution in [2.24, 2.45) is 17.6 Å². The van der Waals surface area contributed by atoms with Crippen molar-refractivity contribution in [3.8, 4) is 5.75 Å². The van der Waals surface area contributed by atoms with Gasteiger partial charge in [0.05, 0.1) is 40.6 Å². The Balaban J connectivity index is 1.60. The summed E-state index contributed by atoms with van der Waals surface area (Å²) in [5, 5.41) is 61.3. The van der Waals surface area contributed by atoms with E-state index in [-0.39, 0.29) is 11.1 Å². The maximum absolute atomic E-state index is 14.1. The lowest BCUT2D eigenvalue weighted by molar-refractivity contribution is -0.169. The van der Waals surface area contributed by atoms with Gasteiger partial charge in [-0.3, -0.25) is 19.3 Å². The molecular formula is C31H31F3N4O9. The molecule has 0 saturated heterocycles. The van der Waals surface area contributed by atoms with Gasteiger partial charge in [0, 0.05) is 11.5 Å². The van der Waals surface area contributed by atoms with E-state index in [2.05, 4.69) is 10.6 Å². The Morgan fingerprint density at radius 1 is 1.02 bits per heavy atom. The van der Waals surface area contributed by atoms with Crippen LogP contribution in [0.5, 0.6) is 5.75 Å². The molecule has 0 radical (unpaired) electrons. The molecule has 2 aromatic carbocycles. The fraction of sp³-hybridized carbons (Fsp3) is 0.355. The number of Topliss-reactive ketones (excluding diaryl/α,β-unsaturated/α-hetero) is 2. The van der Waals surface area contributed by atoms with Gasteiger partial charge in [-0.05, 0) is 50.7 Å². The lowest BCUT2D eigenvalue weighted by atomic mass is 9.54. The van der Waals surface area contributed by atoms with Gasteiger partial charge in [-0.15, -0.1) is 0 Å². The number of carbonyl (C=O) groups excluding carboxylic acids is 4. The van der Waals surface area contributed by atoms with Gasteiger partial charge in [-0.1, -0.05) is 24.6 Å². The fourth-order valence-corrected chi connectivity index (χ4v) is 6.99. The van der Waals surface area contributed by atoms with Crippen molar-refractivity contribution in [2.75, 3.05) is 24.7 Å². The Kier molecular flexibility index (Phi) is 7.90. The molecule has 9 N–H and O–H groups in total. The summed E-state index contributed by atoms with van der Waals surface area (Å²) < 4.78 is 40.7. The van der Waals surface area contributed by atoms with E-state index in [0.29, 0.717) is 0 Å².